The standard InChI is InChI=1S/C22H18N2O4S/c25-20-14-8-2-3-9-15(14)21(26)24(20)28-22(27)16-10-4-1-7-13(16)19-23-17-11-5-6-12-18(17)29-19/h2-3,5-6,8-9,11-13,16H,1,4,7,10H2. The number of carbonyl (C=O) groups excluding carboxylic acids is 3. The molecule has 5 rings (SSSR count). The fourth-order valence-electron chi connectivity index (χ4n) is 4.16. The van der Waals surface area contributed by atoms with E-state index in [1.54, 1.807) is 35.6 Å². The minimum Gasteiger partial charge on any atom is -0.329 e. The minimum absolute atomic E-state index is 0.0659. The zero-order chi connectivity index (χ0) is 20.0. The average Bonchev–Trinajstić information content (AvgIpc) is 3.29. The normalized spacial score (nSPS) is 21.4. The smallest absolute Gasteiger partial charge is 0.329 e. The molecule has 2 atom stereocenters. The van der Waals surface area contributed by atoms with Gasteiger partial charge in [0, 0.05) is 5.92 Å². The Morgan fingerprint density at radius 3 is 2.34 bits per heavy atom. The summed E-state index contributed by atoms with van der Waals surface area (Å²) in [6, 6.07) is 14.4. The maximum Gasteiger partial charge on any atom is 0.336 e. The van der Waals surface area contributed by atoms with E-state index in [0.29, 0.717) is 11.5 Å². The lowest BCUT2D eigenvalue weighted by Gasteiger charge is -2.29. The molecular weight excluding hydrogens is 388 g/mol. The number of rotatable bonds is 3. The number of aromatic nitrogens is 1. The Kier molecular flexibility index (Phi) is 4.39. The number of carbonyl (C=O) groups is 3. The molecule has 0 N–H and O–H groups in total. The highest BCUT2D eigenvalue weighted by Gasteiger charge is 2.42. The Morgan fingerprint density at radius 2 is 1.62 bits per heavy atom. The van der Waals surface area contributed by atoms with Crippen LogP contribution in [0.4, 0.5) is 0 Å². The molecule has 0 saturated heterocycles. The second-order valence-electron chi connectivity index (χ2n) is 7.38. The van der Waals surface area contributed by atoms with Gasteiger partial charge in [-0.1, -0.05) is 42.2 Å². The van der Waals surface area contributed by atoms with Gasteiger partial charge in [0.25, 0.3) is 11.8 Å². The molecule has 146 valence electrons. The van der Waals surface area contributed by atoms with Gasteiger partial charge in [0.15, 0.2) is 0 Å². The number of para-hydroxylation sites is 1. The van der Waals surface area contributed by atoms with Crippen LogP contribution in [0.3, 0.4) is 0 Å². The Morgan fingerprint density at radius 1 is 0.966 bits per heavy atom. The number of benzene rings is 2. The summed E-state index contributed by atoms with van der Waals surface area (Å²) in [7, 11) is 0. The minimum atomic E-state index is -0.591. The SMILES string of the molecule is O=C(ON1C(=O)c2ccccc2C1=O)C1CCCCC1c1nc2ccccc2s1. The number of hydroxylamine groups is 2. The summed E-state index contributed by atoms with van der Waals surface area (Å²) >= 11 is 1.59. The molecule has 2 aromatic carbocycles. The van der Waals surface area contributed by atoms with E-state index in [-0.39, 0.29) is 17.0 Å². The third-order valence-corrected chi connectivity index (χ3v) is 6.80. The summed E-state index contributed by atoms with van der Waals surface area (Å²) in [6.07, 6.45) is 3.41. The average molecular weight is 406 g/mol. The van der Waals surface area contributed by atoms with Crippen LogP contribution in [-0.4, -0.2) is 27.8 Å². The molecule has 1 aliphatic carbocycles. The first-order valence-electron chi connectivity index (χ1n) is 9.68. The van der Waals surface area contributed by atoms with Gasteiger partial charge < -0.3 is 4.84 Å². The molecule has 1 saturated carbocycles. The van der Waals surface area contributed by atoms with Crippen LogP contribution in [0.15, 0.2) is 48.5 Å². The van der Waals surface area contributed by atoms with Crippen molar-refractivity contribution in [2.45, 2.75) is 31.6 Å². The van der Waals surface area contributed by atoms with Crippen LogP contribution in [-0.2, 0) is 9.63 Å². The molecule has 6 nitrogen and oxygen atoms in total. The molecule has 0 spiro atoms. The molecule has 2 amide bonds. The van der Waals surface area contributed by atoms with E-state index in [1.165, 1.54) is 0 Å². The fraction of sp³-hybridized carbons (Fsp3) is 0.273. The molecule has 3 aromatic rings. The first-order valence-corrected chi connectivity index (χ1v) is 10.5. The lowest BCUT2D eigenvalue weighted by molar-refractivity contribution is -0.175. The molecule has 2 aliphatic rings. The summed E-state index contributed by atoms with van der Waals surface area (Å²) in [5.41, 5.74) is 1.44. The summed E-state index contributed by atoms with van der Waals surface area (Å²) in [4.78, 5) is 48.1. The van der Waals surface area contributed by atoms with E-state index in [4.69, 9.17) is 9.82 Å². The van der Waals surface area contributed by atoms with E-state index < -0.39 is 23.7 Å². The lowest BCUT2D eigenvalue weighted by atomic mass is 9.79. The Labute approximate surface area is 171 Å². The van der Waals surface area contributed by atoms with Crippen molar-refractivity contribution in [3.8, 4) is 0 Å². The van der Waals surface area contributed by atoms with Crippen LogP contribution in [0.5, 0.6) is 0 Å². The predicted octanol–water partition coefficient (Wildman–Crippen LogP) is 4.32. The van der Waals surface area contributed by atoms with E-state index in [9.17, 15) is 14.4 Å². The van der Waals surface area contributed by atoms with Gasteiger partial charge >= 0.3 is 5.97 Å². The van der Waals surface area contributed by atoms with Gasteiger partial charge in [0.2, 0.25) is 0 Å². The van der Waals surface area contributed by atoms with Crippen LogP contribution >= 0.6 is 11.3 Å². The van der Waals surface area contributed by atoms with E-state index >= 15 is 0 Å². The van der Waals surface area contributed by atoms with Gasteiger partial charge in [-0.25, -0.2) is 9.78 Å². The van der Waals surface area contributed by atoms with Crippen molar-refractivity contribution in [1.29, 1.82) is 0 Å². The molecule has 2 unspecified atom stereocenters. The van der Waals surface area contributed by atoms with Crippen LogP contribution in [0.25, 0.3) is 10.2 Å². The molecule has 0 bridgehead atoms. The topological polar surface area (TPSA) is 76.6 Å². The summed E-state index contributed by atoms with van der Waals surface area (Å²) in [5, 5.41) is 1.52. The summed E-state index contributed by atoms with van der Waals surface area (Å²) < 4.78 is 1.08. The van der Waals surface area contributed by atoms with Gasteiger partial charge in [-0.15, -0.1) is 11.3 Å². The molecule has 1 aromatic heterocycles. The number of nitrogens with zero attached hydrogens (tertiary/aromatic N) is 2. The van der Waals surface area contributed by atoms with Crippen LogP contribution < -0.4 is 0 Å². The third-order valence-electron chi connectivity index (χ3n) is 5.63. The van der Waals surface area contributed by atoms with Gasteiger partial charge in [0.1, 0.15) is 0 Å². The van der Waals surface area contributed by atoms with Gasteiger partial charge in [-0.05, 0) is 37.1 Å². The monoisotopic (exact) mass is 406 g/mol. The van der Waals surface area contributed by atoms with Crippen molar-refractivity contribution in [3.63, 3.8) is 0 Å². The number of amides is 2. The zero-order valence-electron chi connectivity index (χ0n) is 15.5. The number of thiazole rings is 1. The van der Waals surface area contributed by atoms with Crippen molar-refractivity contribution in [3.05, 3.63) is 64.7 Å². The van der Waals surface area contributed by atoms with Crippen molar-refractivity contribution >= 4 is 39.3 Å². The van der Waals surface area contributed by atoms with Crippen molar-refractivity contribution in [2.75, 3.05) is 0 Å². The molecule has 29 heavy (non-hydrogen) atoms. The fourth-order valence-corrected chi connectivity index (χ4v) is 5.33. The van der Waals surface area contributed by atoms with Crippen LogP contribution in [0.1, 0.15) is 57.3 Å². The van der Waals surface area contributed by atoms with Gasteiger partial charge in [-0.3, -0.25) is 9.59 Å². The second kappa shape index (κ2) is 7.08. The maximum absolute atomic E-state index is 13.0. The highest BCUT2D eigenvalue weighted by molar-refractivity contribution is 7.18. The van der Waals surface area contributed by atoms with Gasteiger partial charge in [0.05, 0.1) is 32.3 Å². The van der Waals surface area contributed by atoms with Crippen LogP contribution in [0, 0.1) is 5.92 Å². The molecular formula is C22H18N2O4S. The Hall–Kier alpha value is -3.06. The predicted molar refractivity (Wildman–Crippen MR) is 107 cm³/mol. The largest absolute Gasteiger partial charge is 0.336 e. The van der Waals surface area contributed by atoms with Crippen molar-refractivity contribution < 1.29 is 19.2 Å². The number of hydrogen-bond acceptors (Lipinski definition) is 6. The summed E-state index contributed by atoms with van der Waals surface area (Å²) in [6.45, 7) is 0. The first-order chi connectivity index (χ1) is 14.1. The highest BCUT2D eigenvalue weighted by Crippen LogP contribution is 2.41. The van der Waals surface area contributed by atoms with Crippen LogP contribution in [0.2, 0.25) is 0 Å². The quantitative estimate of drug-likeness (QED) is 0.605. The van der Waals surface area contributed by atoms with E-state index in [2.05, 4.69) is 0 Å². The summed E-state index contributed by atoms with van der Waals surface area (Å²) in [5.74, 6) is -2.21. The van der Waals surface area contributed by atoms with E-state index in [0.717, 1.165) is 34.5 Å². The Bertz CT molecular complexity index is 1070. The third kappa shape index (κ3) is 3.02. The maximum atomic E-state index is 13.0. The van der Waals surface area contributed by atoms with Gasteiger partial charge in [-0.2, -0.15) is 0 Å². The first kappa shape index (κ1) is 18.0. The number of hydrogen-bond donors (Lipinski definition) is 0. The van der Waals surface area contributed by atoms with Crippen molar-refractivity contribution in [1.82, 2.24) is 10.0 Å². The van der Waals surface area contributed by atoms with E-state index in [1.807, 2.05) is 24.3 Å². The lowest BCUT2D eigenvalue weighted by Crippen LogP contribution is -2.37. The molecule has 7 heteroatoms. The highest BCUT2D eigenvalue weighted by atomic mass is 32.1. The number of imide groups is 1. The molecule has 2 heterocycles. The zero-order valence-corrected chi connectivity index (χ0v) is 16.4. The van der Waals surface area contributed by atoms with Crippen molar-refractivity contribution in [2.24, 2.45) is 5.92 Å². The Balaban J connectivity index is 1.39. The second-order valence-corrected chi connectivity index (χ2v) is 8.44. The molecule has 1 fully saturated rings. The molecule has 0 radical (unpaired) electrons. The number of fused-ring (bicyclic) bond motifs is 2. The molecule has 1 aliphatic heterocycles.